The van der Waals surface area contributed by atoms with E-state index in [1.54, 1.807) is 19.9 Å². The van der Waals surface area contributed by atoms with E-state index in [1.165, 1.54) is 55.4 Å². The minimum atomic E-state index is -6.52. The fourth-order valence-corrected chi connectivity index (χ4v) is 7.22. The maximum Gasteiger partial charge on any atom is 0.378 e. The molecule has 0 bridgehead atoms. The van der Waals surface area contributed by atoms with Gasteiger partial charge in [0.2, 0.25) is 0 Å². The Hall–Kier alpha value is -2.97. The van der Waals surface area contributed by atoms with Crippen LogP contribution in [0.3, 0.4) is 0 Å². The molecule has 4 N–H and O–H groups in total. The summed E-state index contributed by atoms with van der Waals surface area (Å²) in [5, 5.41) is 0.816. The molecular weight excluding hydrogens is 728 g/mol. The van der Waals surface area contributed by atoms with Crippen LogP contribution in [0.25, 0.3) is 20.5 Å². The van der Waals surface area contributed by atoms with E-state index in [9.17, 15) is 39.9 Å². The fraction of sp³-hybridized carbons (Fsp3) is 0.615. The minimum absolute atomic E-state index is 0.0115. The van der Waals surface area contributed by atoms with E-state index in [2.05, 4.69) is 32.0 Å². The van der Waals surface area contributed by atoms with Gasteiger partial charge in [-0.2, -0.15) is 35.1 Å². The Bertz CT molecular complexity index is 1700. The second-order valence-corrected chi connectivity index (χ2v) is 16.4. The van der Waals surface area contributed by atoms with Crippen LogP contribution in [0.4, 0.5) is 35.1 Å². The van der Waals surface area contributed by atoms with Gasteiger partial charge >= 0.3 is 29.7 Å². The summed E-state index contributed by atoms with van der Waals surface area (Å²) >= 11 is 1.41. The van der Waals surface area contributed by atoms with E-state index in [1.807, 2.05) is 6.07 Å². The molecule has 0 aliphatic rings. The molecule has 1 atom stereocenters. The highest BCUT2D eigenvalue weighted by atomic mass is 32.1. The third-order valence-electron chi connectivity index (χ3n) is 9.78. The molecule has 0 spiro atoms. The molecule has 53 heavy (non-hydrogen) atoms. The highest BCUT2D eigenvalue weighted by molar-refractivity contribution is 7.22. The summed E-state index contributed by atoms with van der Waals surface area (Å²) in [5.41, 5.74) is 11.9. The number of esters is 1. The van der Waals surface area contributed by atoms with Crippen molar-refractivity contribution in [2.75, 3.05) is 13.2 Å². The summed E-state index contributed by atoms with van der Waals surface area (Å²) in [4.78, 5) is 13.6. The number of halogens is 8. The maximum atomic E-state index is 14.7. The number of carbonyl (C=O) groups is 1. The normalized spacial score (nSPS) is 14.7. The topological polar surface area (TPSA) is 87.6 Å². The highest BCUT2D eigenvalue weighted by Crippen LogP contribution is 2.54. The van der Waals surface area contributed by atoms with Crippen molar-refractivity contribution in [1.82, 2.24) is 0 Å². The second-order valence-electron chi connectivity index (χ2n) is 15.4. The molecule has 0 saturated carbocycles. The lowest BCUT2D eigenvalue weighted by Gasteiger charge is -2.42. The number of ether oxygens (including phenoxy) is 2. The van der Waals surface area contributed by atoms with Gasteiger partial charge in [0.1, 0.15) is 5.75 Å². The van der Waals surface area contributed by atoms with Gasteiger partial charge in [-0.25, -0.2) is 0 Å². The van der Waals surface area contributed by atoms with E-state index in [0.717, 1.165) is 47.9 Å². The van der Waals surface area contributed by atoms with Crippen molar-refractivity contribution in [3.63, 3.8) is 0 Å². The molecular formula is C39H52F8N2O3S. The molecule has 3 aromatic rings. The average Bonchev–Trinajstić information content (AvgIpc) is 3.46. The Morgan fingerprint density at radius 1 is 0.774 bits per heavy atom. The third-order valence-corrected chi connectivity index (χ3v) is 10.9. The zero-order valence-corrected chi connectivity index (χ0v) is 32.2. The Balaban J connectivity index is 1.65. The van der Waals surface area contributed by atoms with Crippen LogP contribution >= 0.6 is 11.3 Å². The number of unbranched alkanes of at least 4 members (excludes halogenated alkanes) is 2. The number of hydrogen-bond acceptors (Lipinski definition) is 6. The summed E-state index contributed by atoms with van der Waals surface area (Å²) in [5.74, 6) is -25.5. The lowest BCUT2D eigenvalue weighted by atomic mass is 9.68. The Labute approximate surface area is 310 Å². The van der Waals surface area contributed by atoms with Crippen molar-refractivity contribution in [2.24, 2.45) is 16.9 Å². The van der Waals surface area contributed by atoms with Crippen molar-refractivity contribution >= 4 is 27.4 Å². The van der Waals surface area contributed by atoms with Crippen LogP contribution < -0.4 is 16.2 Å². The van der Waals surface area contributed by atoms with Crippen molar-refractivity contribution in [3.05, 3.63) is 53.6 Å². The lowest BCUT2D eigenvalue weighted by molar-refractivity contribution is -0.369. The first-order valence-corrected chi connectivity index (χ1v) is 18.6. The first kappa shape index (κ1) is 44.4. The molecule has 0 aliphatic heterocycles. The van der Waals surface area contributed by atoms with E-state index in [0.29, 0.717) is 4.70 Å². The maximum absolute atomic E-state index is 14.7. The summed E-state index contributed by atoms with van der Waals surface area (Å²) in [6.45, 7) is 8.91. The van der Waals surface area contributed by atoms with Crippen LogP contribution in [0.5, 0.6) is 5.75 Å². The lowest BCUT2D eigenvalue weighted by Crippen LogP contribution is -2.62. The molecule has 0 saturated heterocycles. The SMILES string of the molecule is CCCCCc1ccc(-c2cc3ccc(OCCC(F)(F)C(F)(F)C(F)(F)C(F)(F)CCOC(=O)C(C)(C)C(C)(N)CC(C)(C)N)cc3s2)c(CC)c1. The largest absolute Gasteiger partial charge is 0.493 e. The zero-order chi connectivity index (χ0) is 40.3. The number of nitrogens with two attached hydrogens (primary N) is 2. The molecule has 0 fully saturated rings. The van der Waals surface area contributed by atoms with Crippen LogP contribution in [0.1, 0.15) is 98.1 Å². The summed E-state index contributed by atoms with van der Waals surface area (Å²) in [6, 6.07) is 12.9. The Morgan fingerprint density at radius 2 is 1.38 bits per heavy atom. The average molecular weight is 781 g/mol. The standard InChI is InChI=1S/C39H52F8N2O3S/c1-8-10-11-12-25-13-16-29(26(9-2)21-25)31-22-27-14-15-28(23-30(27)53-31)51-19-17-36(40,41)38(44,45)39(46,47)37(42,43)18-20-52-32(50)34(5,6)35(7,49)24-33(3,4)48/h13-16,21-23H,8-12,17-20,24,48-49H2,1-7H3. The number of aryl methyl sites for hydroxylation is 2. The number of fused-ring (bicyclic) bond motifs is 1. The van der Waals surface area contributed by atoms with Crippen LogP contribution in [-0.4, -0.2) is 54.0 Å². The van der Waals surface area contributed by atoms with Gasteiger partial charge in [0, 0.05) is 20.7 Å². The molecule has 0 amide bonds. The Morgan fingerprint density at radius 3 is 1.94 bits per heavy atom. The number of thiophene rings is 1. The number of hydrogen-bond donors (Lipinski definition) is 2. The summed E-state index contributed by atoms with van der Waals surface area (Å²) < 4.78 is 128. The predicted molar refractivity (Wildman–Crippen MR) is 195 cm³/mol. The predicted octanol–water partition coefficient (Wildman–Crippen LogP) is 11.0. The molecule has 0 radical (unpaired) electrons. The first-order chi connectivity index (χ1) is 24.2. The van der Waals surface area contributed by atoms with E-state index < -0.39 is 72.2 Å². The van der Waals surface area contributed by atoms with Gasteiger partial charge in [-0.05, 0) is 107 Å². The van der Waals surface area contributed by atoms with Crippen LogP contribution in [0, 0.1) is 5.41 Å². The minimum Gasteiger partial charge on any atom is -0.493 e. The second kappa shape index (κ2) is 16.4. The van der Waals surface area contributed by atoms with Crippen molar-refractivity contribution in [1.29, 1.82) is 0 Å². The van der Waals surface area contributed by atoms with E-state index in [4.69, 9.17) is 20.9 Å². The molecule has 1 heterocycles. The molecule has 14 heteroatoms. The zero-order valence-electron chi connectivity index (χ0n) is 31.4. The molecule has 5 nitrogen and oxygen atoms in total. The molecule has 3 rings (SSSR count). The molecule has 1 aromatic heterocycles. The van der Waals surface area contributed by atoms with Gasteiger partial charge < -0.3 is 20.9 Å². The smallest absolute Gasteiger partial charge is 0.378 e. The van der Waals surface area contributed by atoms with Gasteiger partial charge in [-0.15, -0.1) is 11.3 Å². The van der Waals surface area contributed by atoms with Gasteiger partial charge in [0.25, 0.3) is 0 Å². The first-order valence-electron chi connectivity index (χ1n) is 17.8. The van der Waals surface area contributed by atoms with Crippen molar-refractivity contribution < 1.29 is 49.4 Å². The number of benzene rings is 2. The van der Waals surface area contributed by atoms with E-state index in [-0.39, 0.29) is 12.2 Å². The Kier molecular flexibility index (Phi) is 13.8. The fourth-order valence-electron chi connectivity index (χ4n) is 6.07. The third kappa shape index (κ3) is 10.0. The van der Waals surface area contributed by atoms with Crippen LogP contribution in [-0.2, 0) is 22.4 Å². The summed E-state index contributed by atoms with van der Waals surface area (Å²) in [6.07, 6.45) is 1.08. The highest BCUT2D eigenvalue weighted by Gasteiger charge is 2.79. The molecule has 298 valence electrons. The van der Waals surface area contributed by atoms with E-state index >= 15 is 0 Å². The number of rotatable bonds is 20. The number of alkyl halides is 8. The van der Waals surface area contributed by atoms with Gasteiger partial charge in [-0.3, -0.25) is 4.79 Å². The van der Waals surface area contributed by atoms with Gasteiger partial charge in [0.05, 0.1) is 31.5 Å². The monoisotopic (exact) mass is 780 g/mol. The molecule has 0 aliphatic carbocycles. The van der Waals surface area contributed by atoms with Gasteiger partial charge in [-0.1, -0.05) is 44.9 Å². The molecule has 2 aromatic carbocycles. The summed E-state index contributed by atoms with van der Waals surface area (Å²) in [7, 11) is 0. The quantitative estimate of drug-likeness (QED) is 0.0677. The van der Waals surface area contributed by atoms with Gasteiger partial charge in [0.15, 0.2) is 0 Å². The molecule has 1 unspecified atom stereocenters. The van der Waals surface area contributed by atoms with Crippen LogP contribution in [0.2, 0.25) is 0 Å². The van der Waals surface area contributed by atoms with Crippen LogP contribution in [0.15, 0.2) is 42.5 Å². The van der Waals surface area contributed by atoms with Crippen molar-refractivity contribution in [3.8, 4) is 16.2 Å². The van der Waals surface area contributed by atoms with Crippen molar-refractivity contribution in [2.45, 2.75) is 135 Å². The number of carbonyl (C=O) groups excluding carboxylic acids is 1.